The Morgan fingerprint density at radius 1 is 1.13 bits per heavy atom. The molecule has 2 amide bonds. The summed E-state index contributed by atoms with van der Waals surface area (Å²) in [5.74, 6) is -2.09. The van der Waals surface area contributed by atoms with E-state index < -0.39 is 50.4 Å². The van der Waals surface area contributed by atoms with Gasteiger partial charge in [-0.05, 0) is 72.4 Å². The molecule has 1 aliphatic heterocycles. The largest absolute Gasteiger partial charge is 0.481 e. The van der Waals surface area contributed by atoms with Gasteiger partial charge in [-0.2, -0.15) is 13.2 Å². The first kappa shape index (κ1) is 33.8. The van der Waals surface area contributed by atoms with Crippen molar-refractivity contribution in [3.8, 4) is 0 Å². The molecule has 3 aromatic carbocycles. The van der Waals surface area contributed by atoms with Gasteiger partial charge in [0.25, 0.3) is 10.0 Å². The highest BCUT2D eigenvalue weighted by Gasteiger charge is 2.36. The Morgan fingerprint density at radius 3 is 2.51 bits per heavy atom. The molecule has 0 aromatic heterocycles. The molecule has 0 saturated carbocycles. The Labute approximate surface area is 263 Å². The molecule has 14 heteroatoms. The van der Waals surface area contributed by atoms with Crippen LogP contribution in [0.15, 0.2) is 65.6 Å². The van der Waals surface area contributed by atoms with Gasteiger partial charge in [-0.25, -0.2) is 17.6 Å². The fourth-order valence-electron chi connectivity index (χ4n) is 5.04. The summed E-state index contributed by atoms with van der Waals surface area (Å²) >= 11 is 6.21. The highest BCUT2D eigenvalue weighted by atomic mass is 35.5. The normalized spacial score (nSPS) is 15.4. The predicted octanol–water partition coefficient (Wildman–Crippen LogP) is 6.54. The number of alkyl halides is 3. The van der Waals surface area contributed by atoms with Gasteiger partial charge < -0.3 is 15.3 Å². The van der Waals surface area contributed by atoms with E-state index in [-0.39, 0.29) is 42.3 Å². The van der Waals surface area contributed by atoms with Crippen LogP contribution in [0.4, 0.5) is 28.0 Å². The molecule has 45 heavy (non-hydrogen) atoms. The first-order valence-electron chi connectivity index (χ1n) is 13.7. The zero-order valence-corrected chi connectivity index (χ0v) is 25.8. The summed E-state index contributed by atoms with van der Waals surface area (Å²) in [6.07, 6.45) is -3.08. The molecule has 0 unspecified atom stereocenters. The molecule has 0 spiro atoms. The molecule has 4 rings (SSSR count). The van der Waals surface area contributed by atoms with Crippen molar-refractivity contribution in [2.45, 2.75) is 30.8 Å². The Bertz CT molecular complexity index is 1730. The highest BCUT2D eigenvalue weighted by Crippen LogP contribution is 2.38. The van der Waals surface area contributed by atoms with Gasteiger partial charge in [0.15, 0.2) is 0 Å². The summed E-state index contributed by atoms with van der Waals surface area (Å²) in [6, 6.07) is 12.1. The lowest BCUT2D eigenvalue weighted by molar-refractivity contribution is -0.138. The van der Waals surface area contributed by atoms with E-state index >= 15 is 0 Å². The number of aliphatic carboxylic acids is 1. The fourth-order valence-corrected chi connectivity index (χ4v) is 6.97. The van der Waals surface area contributed by atoms with E-state index in [4.69, 9.17) is 16.7 Å². The number of halogens is 5. The Morgan fingerprint density at radius 2 is 1.84 bits per heavy atom. The van der Waals surface area contributed by atoms with Crippen molar-refractivity contribution in [2.75, 3.05) is 31.0 Å². The van der Waals surface area contributed by atoms with Crippen LogP contribution in [0.3, 0.4) is 0 Å². The number of carbonyl (C=O) groups excluding carboxylic acids is 1. The molecule has 1 atom stereocenters. The molecule has 0 aliphatic carbocycles. The maximum atomic E-state index is 14.5. The van der Waals surface area contributed by atoms with Crippen LogP contribution in [0.5, 0.6) is 0 Å². The molecular formula is C31H30ClF4N3O5S. The van der Waals surface area contributed by atoms with Crippen LogP contribution in [-0.2, 0) is 27.4 Å². The number of hydrogen-bond donors (Lipinski definition) is 2. The topological polar surface area (TPSA) is 107 Å². The summed E-state index contributed by atoms with van der Waals surface area (Å²) in [6.45, 7) is 1.44. The van der Waals surface area contributed by atoms with Crippen molar-refractivity contribution in [2.24, 2.45) is 5.92 Å². The second-order valence-corrected chi connectivity index (χ2v) is 13.0. The monoisotopic (exact) mass is 667 g/mol. The molecule has 0 radical (unpaired) electrons. The lowest BCUT2D eigenvalue weighted by Crippen LogP contribution is -2.46. The van der Waals surface area contributed by atoms with Gasteiger partial charge in [-0.1, -0.05) is 41.9 Å². The van der Waals surface area contributed by atoms with Gasteiger partial charge in [0.05, 0.1) is 27.6 Å². The number of carboxylic acid groups (broad SMARTS) is 1. The smallest absolute Gasteiger partial charge is 0.416 e. The third-order valence-corrected chi connectivity index (χ3v) is 9.44. The molecule has 0 fully saturated rings. The van der Waals surface area contributed by atoms with Crippen molar-refractivity contribution in [1.29, 1.82) is 0 Å². The lowest BCUT2D eigenvalue weighted by atomic mass is 9.92. The number of anilines is 1. The van der Waals surface area contributed by atoms with Crippen molar-refractivity contribution in [3.63, 3.8) is 0 Å². The Balaban J connectivity index is 1.71. The minimum Gasteiger partial charge on any atom is -0.481 e. The average molecular weight is 668 g/mol. The van der Waals surface area contributed by atoms with E-state index in [9.17, 15) is 35.6 Å². The lowest BCUT2D eigenvalue weighted by Gasteiger charge is -2.36. The maximum absolute atomic E-state index is 14.5. The van der Waals surface area contributed by atoms with E-state index in [1.54, 1.807) is 31.2 Å². The van der Waals surface area contributed by atoms with Crippen LogP contribution in [-0.4, -0.2) is 57.1 Å². The summed E-state index contributed by atoms with van der Waals surface area (Å²) in [5, 5.41) is 11.7. The van der Waals surface area contributed by atoms with Crippen LogP contribution < -0.4 is 9.62 Å². The summed E-state index contributed by atoms with van der Waals surface area (Å²) in [7, 11) is -3.11. The summed E-state index contributed by atoms with van der Waals surface area (Å²) < 4.78 is 83.9. The third kappa shape index (κ3) is 7.95. The molecule has 3 aromatic rings. The fraction of sp³-hybridized carbons (Fsp3) is 0.290. The molecule has 8 nitrogen and oxygen atoms in total. The van der Waals surface area contributed by atoms with E-state index in [0.29, 0.717) is 29.2 Å². The Hall–Kier alpha value is -4.10. The zero-order chi connectivity index (χ0) is 33.1. The first-order valence-corrected chi connectivity index (χ1v) is 15.6. The summed E-state index contributed by atoms with van der Waals surface area (Å²) in [4.78, 5) is 24.0. The van der Waals surface area contributed by atoms with Gasteiger partial charge in [-0.15, -0.1) is 0 Å². The van der Waals surface area contributed by atoms with Crippen molar-refractivity contribution < 1.29 is 40.7 Å². The van der Waals surface area contributed by atoms with Gasteiger partial charge in [0, 0.05) is 32.2 Å². The van der Waals surface area contributed by atoms with Crippen molar-refractivity contribution in [1.82, 2.24) is 10.2 Å². The van der Waals surface area contributed by atoms with Gasteiger partial charge in [0.1, 0.15) is 5.82 Å². The first-order chi connectivity index (χ1) is 21.1. The minimum atomic E-state index is -4.77. The number of hydrogen-bond acceptors (Lipinski definition) is 4. The predicted molar refractivity (Wildman–Crippen MR) is 163 cm³/mol. The molecular weight excluding hydrogens is 638 g/mol. The van der Waals surface area contributed by atoms with Crippen LogP contribution in [0.25, 0.3) is 11.6 Å². The number of amides is 2. The number of urea groups is 1. The minimum absolute atomic E-state index is 0.0108. The molecule has 240 valence electrons. The van der Waals surface area contributed by atoms with Crippen LogP contribution in [0.1, 0.15) is 35.6 Å². The van der Waals surface area contributed by atoms with Gasteiger partial charge in [-0.3, -0.25) is 9.10 Å². The highest BCUT2D eigenvalue weighted by molar-refractivity contribution is 7.92. The number of fused-ring (bicyclic) bond motifs is 1. The van der Waals surface area contributed by atoms with Gasteiger partial charge >= 0.3 is 18.2 Å². The molecule has 0 saturated heterocycles. The number of nitrogens with one attached hydrogen (secondary N) is 1. The zero-order valence-electron chi connectivity index (χ0n) is 24.2. The van der Waals surface area contributed by atoms with E-state index in [1.165, 1.54) is 30.1 Å². The van der Waals surface area contributed by atoms with Crippen molar-refractivity contribution >= 4 is 51.0 Å². The number of allylic oxidation sites excluding steroid dienone is 1. The van der Waals surface area contributed by atoms with E-state index in [2.05, 4.69) is 5.32 Å². The van der Waals surface area contributed by atoms with Crippen LogP contribution in [0, 0.1) is 11.7 Å². The molecule has 1 aliphatic rings. The van der Waals surface area contributed by atoms with Crippen LogP contribution >= 0.6 is 11.6 Å². The number of rotatable bonds is 9. The maximum Gasteiger partial charge on any atom is 0.416 e. The van der Waals surface area contributed by atoms with E-state index in [1.807, 2.05) is 0 Å². The molecule has 1 heterocycles. The number of benzene rings is 3. The third-order valence-electron chi connectivity index (χ3n) is 7.35. The number of nitrogens with zero attached hydrogens (tertiary/aromatic N) is 2. The number of carboxylic acids is 1. The standard InChI is InChI=1S/C31H30ClF4N3O5S/c1-19(29-25(32)7-4-8-26(29)33)13-20-9-10-22-14-21(17-37-30(42)38(2)12-11-28(40)41)18-39(27(22)15-20)45(43,44)24-6-3-5-23(16-24)31(34,35)36/h3-10,13,15-16,21H,11-12,14,17-18H2,1-2H3,(H,37,42)(H,40,41)/b19-13+/t21-/m0/s1. The summed E-state index contributed by atoms with van der Waals surface area (Å²) in [5.41, 5.74) is 0.816. The quantitative estimate of drug-likeness (QED) is 0.199. The van der Waals surface area contributed by atoms with Gasteiger partial charge in [0.2, 0.25) is 0 Å². The van der Waals surface area contributed by atoms with Crippen LogP contribution in [0.2, 0.25) is 5.02 Å². The SMILES string of the molecule is C/C(=C\c1ccc2c(c1)N(S(=O)(=O)c1cccc(C(F)(F)F)c1)C[C@H](CNC(=O)N(C)CCC(=O)O)C2)c1c(F)cccc1Cl. The second-order valence-electron chi connectivity index (χ2n) is 10.7. The molecule has 2 N–H and O–H groups in total. The van der Waals surface area contributed by atoms with E-state index in [0.717, 1.165) is 22.5 Å². The Kier molecular flexibility index (Phi) is 10.1. The molecule has 0 bridgehead atoms. The number of sulfonamides is 1. The second kappa shape index (κ2) is 13.5. The average Bonchev–Trinajstić information content (AvgIpc) is 2.97. The number of carbonyl (C=O) groups is 2. The van der Waals surface area contributed by atoms with Crippen molar-refractivity contribution in [3.05, 3.63) is 93.8 Å².